The summed E-state index contributed by atoms with van der Waals surface area (Å²) in [5, 5.41) is 4.66. The quantitative estimate of drug-likeness (QED) is 0.706. The Hall–Kier alpha value is -0.870. The van der Waals surface area contributed by atoms with Crippen LogP contribution < -0.4 is 10.6 Å². The molecule has 2 N–H and O–H groups in total. The first-order chi connectivity index (χ1) is 5.75. The SMILES string of the molecule is CC(C)NC(=O)NC(C)(C)C(F)F. The third kappa shape index (κ3) is 4.65. The van der Waals surface area contributed by atoms with Gasteiger partial charge in [-0.1, -0.05) is 0 Å². The summed E-state index contributed by atoms with van der Waals surface area (Å²) in [4.78, 5) is 11.0. The fourth-order valence-corrected chi connectivity index (χ4v) is 0.645. The molecular weight excluding hydrogens is 178 g/mol. The van der Waals surface area contributed by atoms with E-state index < -0.39 is 18.0 Å². The molecule has 0 aliphatic rings. The van der Waals surface area contributed by atoms with Crippen molar-refractivity contribution in [2.75, 3.05) is 0 Å². The summed E-state index contributed by atoms with van der Waals surface area (Å²) in [6, 6.07) is -0.631. The standard InChI is InChI=1S/C8H16F2N2O/c1-5(2)11-7(13)12-8(3,4)6(9)10/h5-6H,1-4H3,(H2,11,12,13). The number of nitrogens with one attached hydrogen (secondary N) is 2. The van der Waals surface area contributed by atoms with Gasteiger partial charge in [0.25, 0.3) is 6.43 Å². The van der Waals surface area contributed by atoms with Crippen LogP contribution in [0.3, 0.4) is 0 Å². The molecule has 0 heterocycles. The summed E-state index contributed by atoms with van der Waals surface area (Å²) in [5.74, 6) is 0. The largest absolute Gasteiger partial charge is 0.336 e. The van der Waals surface area contributed by atoms with E-state index in [1.807, 2.05) is 0 Å². The Labute approximate surface area is 76.9 Å². The van der Waals surface area contributed by atoms with Gasteiger partial charge in [0.1, 0.15) is 0 Å². The first-order valence-corrected chi connectivity index (χ1v) is 4.12. The summed E-state index contributed by atoms with van der Waals surface area (Å²) >= 11 is 0. The summed E-state index contributed by atoms with van der Waals surface area (Å²) in [5.41, 5.74) is -1.49. The molecule has 0 atom stereocenters. The molecule has 0 spiro atoms. The van der Waals surface area contributed by atoms with Gasteiger partial charge in [-0.3, -0.25) is 0 Å². The molecule has 13 heavy (non-hydrogen) atoms. The summed E-state index contributed by atoms with van der Waals surface area (Å²) in [6.45, 7) is 6.07. The highest BCUT2D eigenvalue weighted by atomic mass is 19.3. The molecular formula is C8H16F2N2O. The van der Waals surface area contributed by atoms with Crippen LogP contribution in [-0.4, -0.2) is 24.0 Å². The molecule has 78 valence electrons. The molecule has 0 aromatic rings. The van der Waals surface area contributed by atoms with Crippen LogP contribution in [0.4, 0.5) is 13.6 Å². The highest BCUT2D eigenvalue weighted by molar-refractivity contribution is 5.74. The van der Waals surface area contributed by atoms with Crippen LogP contribution in [0.25, 0.3) is 0 Å². The van der Waals surface area contributed by atoms with Crippen molar-refractivity contribution in [3.05, 3.63) is 0 Å². The fourth-order valence-electron chi connectivity index (χ4n) is 0.645. The number of urea groups is 1. The van der Waals surface area contributed by atoms with E-state index in [0.717, 1.165) is 0 Å². The second kappa shape index (κ2) is 4.39. The van der Waals surface area contributed by atoms with Gasteiger partial charge in [0.05, 0.1) is 5.54 Å². The predicted octanol–water partition coefficient (Wildman–Crippen LogP) is 1.74. The van der Waals surface area contributed by atoms with Crippen LogP contribution in [0.5, 0.6) is 0 Å². The number of hydrogen-bond donors (Lipinski definition) is 2. The van der Waals surface area contributed by atoms with Crippen LogP contribution in [0.15, 0.2) is 0 Å². The molecule has 0 aliphatic carbocycles. The smallest absolute Gasteiger partial charge is 0.315 e. The average Bonchev–Trinajstić information content (AvgIpc) is 1.82. The second-order valence-corrected chi connectivity index (χ2v) is 3.78. The number of rotatable bonds is 3. The van der Waals surface area contributed by atoms with Crippen molar-refractivity contribution in [2.45, 2.75) is 45.7 Å². The van der Waals surface area contributed by atoms with Crippen molar-refractivity contribution >= 4 is 6.03 Å². The molecule has 0 aromatic carbocycles. The Morgan fingerprint density at radius 1 is 1.31 bits per heavy atom. The van der Waals surface area contributed by atoms with Gasteiger partial charge in [0, 0.05) is 6.04 Å². The number of amides is 2. The Kier molecular flexibility index (Phi) is 4.10. The van der Waals surface area contributed by atoms with Gasteiger partial charge in [-0.2, -0.15) is 0 Å². The molecule has 2 amide bonds. The van der Waals surface area contributed by atoms with E-state index in [4.69, 9.17) is 0 Å². The van der Waals surface area contributed by atoms with Gasteiger partial charge < -0.3 is 10.6 Å². The lowest BCUT2D eigenvalue weighted by Gasteiger charge is -2.25. The highest BCUT2D eigenvalue weighted by Crippen LogP contribution is 2.13. The Morgan fingerprint density at radius 3 is 2.08 bits per heavy atom. The number of halogens is 2. The van der Waals surface area contributed by atoms with Crippen LogP contribution in [0.1, 0.15) is 27.7 Å². The Morgan fingerprint density at radius 2 is 1.77 bits per heavy atom. The summed E-state index contributed by atoms with van der Waals surface area (Å²) in [6.07, 6.45) is -2.58. The second-order valence-electron chi connectivity index (χ2n) is 3.78. The number of alkyl halides is 2. The van der Waals surface area contributed by atoms with Gasteiger partial charge in [0.2, 0.25) is 0 Å². The molecule has 5 heteroatoms. The minimum atomic E-state index is -2.58. The van der Waals surface area contributed by atoms with Crippen LogP contribution in [-0.2, 0) is 0 Å². The number of carbonyl (C=O) groups is 1. The molecule has 0 fully saturated rings. The van der Waals surface area contributed by atoms with Crippen molar-refractivity contribution < 1.29 is 13.6 Å². The number of hydrogen-bond acceptors (Lipinski definition) is 1. The lowest BCUT2D eigenvalue weighted by molar-refractivity contribution is 0.0566. The van der Waals surface area contributed by atoms with Gasteiger partial charge in [-0.25, -0.2) is 13.6 Å². The Bertz CT molecular complexity index is 181. The Balaban J connectivity index is 4.05. The summed E-state index contributed by atoms with van der Waals surface area (Å²) < 4.78 is 24.5. The van der Waals surface area contributed by atoms with E-state index in [1.165, 1.54) is 13.8 Å². The van der Waals surface area contributed by atoms with E-state index in [-0.39, 0.29) is 6.04 Å². The maximum Gasteiger partial charge on any atom is 0.315 e. The van der Waals surface area contributed by atoms with E-state index in [9.17, 15) is 13.6 Å². The maximum absolute atomic E-state index is 12.3. The highest BCUT2D eigenvalue weighted by Gasteiger charge is 2.31. The third-order valence-electron chi connectivity index (χ3n) is 1.40. The molecule has 0 bridgehead atoms. The lowest BCUT2D eigenvalue weighted by atomic mass is 10.1. The van der Waals surface area contributed by atoms with E-state index >= 15 is 0 Å². The van der Waals surface area contributed by atoms with Crippen molar-refractivity contribution in [1.82, 2.24) is 10.6 Å². The predicted molar refractivity (Wildman–Crippen MR) is 46.9 cm³/mol. The van der Waals surface area contributed by atoms with Crippen LogP contribution in [0.2, 0.25) is 0 Å². The zero-order chi connectivity index (χ0) is 10.6. The van der Waals surface area contributed by atoms with Gasteiger partial charge in [-0.15, -0.1) is 0 Å². The number of carbonyl (C=O) groups excluding carboxylic acids is 1. The van der Waals surface area contributed by atoms with Crippen LogP contribution >= 0.6 is 0 Å². The van der Waals surface area contributed by atoms with Crippen molar-refractivity contribution in [1.29, 1.82) is 0 Å². The molecule has 0 rings (SSSR count). The molecule has 0 aromatic heterocycles. The zero-order valence-electron chi connectivity index (χ0n) is 8.32. The maximum atomic E-state index is 12.3. The minimum absolute atomic E-state index is 0.0616. The molecule has 0 saturated heterocycles. The van der Waals surface area contributed by atoms with Crippen molar-refractivity contribution in [3.63, 3.8) is 0 Å². The molecule has 0 unspecified atom stereocenters. The lowest BCUT2D eigenvalue weighted by Crippen LogP contribution is -2.53. The van der Waals surface area contributed by atoms with E-state index in [0.29, 0.717) is 0 Å². The normalized spacial score (nSPS) is 12.0. The van der Waals surface area contributed by atoms with Gasteiger partial charge in [-0.05, 0) is 27.7 Å². The van der Waals surface area contributed by atoms with Crippen molar-refractivity contribution in [2.24, 2.45) is 0 Å². The minimum Gasteiger partial charge on any atom is -0.336 e. The first-order valence-electron chi connectivity index (χ1n) is 4.12. The van der Waals surface area contributed by atoms with Gasteiger partial charge in [0.15, 0.2) is 0 Å². The monoisotopic (exact) mass is 194 g/mol. The average molecular weight is 194 g/mol. The summed E-state index contributed by atoms with van der Waals surface area (Å²) in [7, 11) is 0. The third-order valence-corrected chi connectivity index (χ3v) is 1.40. The molecule has 0 aliphatic heterocycles. The topological polar surface area (TPSA) is 41.1 Å². The van der Waals surface area contributed by atoms with Crippen molar-refractivity contribution in [3.8, 4) is 0 Å². The zero-order valence-corrected chi connectivity index (χ0v) is 8.32. The van der Waals surface area contributed by atoms with Gasteiger partial charge >= 0.3 is 6.03 Å². The van der Waals surface area contributed by atoms with E-state index in [1.54, 1.807) is 13.8 Å². The van der Waals surface area contributed by atoms with E-state index in [2.05, 4.69) is 10.6 Å². The molecule has 0 saturated carbocycles. The van der Waals surface area contributed by atoms with Crippen LogP contribution in [0, 0.1) is 0 Å². The molecule has 0 radical (unpaired) electrons. The fraction of sp³-hybridized carbons (Fsp3) is 0.875. The molecule has 3 nitrogen and oxygen atoms in total. The first kappa shape index (κ1) is 12.1.